The van der Waals surface area contributed by atoms with E-state index in [9.17, 15) is 13.2 Å². The predicted molar refractivity (Wildman–Crippen MR) is 93.9 cm³/mol. The van der Waals surface area contributed by atoms with Crippen LogP contribution in [0.5, 0.6) is 0 Å². The minimum atomic E-state index is -4.38. The second-order valence-corrected chi connectivity index (χ2v) is 6.20. The number of fused-ring (bicyclic) bond motifs is 1. The van der Waals surface area contributed by atoms with Crippen LogP contribution in [0.15, 0.2) is 67.1 Å². The first-order valence-corrected chi connectivity index (χ1v) is 8.06. The fraction of sp³-hybridized carbons (Fsp3) is 0.0526. The SMILES string of the molecule is FC(F)(F)c1cccc(-c2cnc3nc(-c4ccc(Cl)cc4)cn3c2)c1. The molecule has 0 spiro atoms. The van der Waals surface area contributed by atoms with Crippen LogP contribution in [0.3, 0.4) is 0 Å². The first kappa shape index (κ1) is 16.6. The Hall–Kier alpha value is -2.86. The van der Waals surface area contributed by atoms with E-state index in [4.69, 9.17) is 11.6 Å². The summed E-state index contributed by atoms with van der Waals surface area (Å²) in [7, 11) is 0. The summed E-state index contributed by atoms with van der Waals surface area (Å²) in [6, 6.07) is 12.4. The van der Waals surface area contributed by atoms with Crippen LogP contribution < -0.4 is 0 Å². The van der Waals surface area contributed by atoms with Crippen molar-refractivity contribution < 1.29 is 13.2 Å². The fourth-order valence-electron chi connectivity index (χ4n) is 2.67. The third-order valence-electron chi connectivity index (χ3n) is 3.97. The molecular formula is C19H11ClF3N3. The molecule has 0 bridgehead atoms. The third-order valence-corrected chi connectivity index (χ3v) is 4.23. The van der Waals surface area contributed by atoms with Crippen molar-refractivity contribution in [1.29, 1.82) is 0 Å². The molecule has 3 nitrogen and oxygen atoms in total. The number of halogens is 4. The van der Waals surface area contributed by atoms with Crippen LogP contribution in [0.25, 0.3) is 28.2 Å². The van der Waals surface area contributed by atoms with E-state index in [-0.39, 0.29) is 0 Å². The second kappa shape index (κ2) is 6.14. The van der Waals surface area contributed by atoms with Crippen molar-refractivity contribution in [2.45, 2.75) is 6.18 Å². The molecule has 0 N–H and O–H groups in total. The third kappa shape index (κ3) is 3.15. The van der Waals surface area contributed by atoms with Crippen molar-refractivity contribution >= 4 is 17.4 Å². The summed E-state index contributed by atoms with van der Waals surface area (Å²) in [6.45, 7) is 0. The Bertz CT molecular complexity index is 1090. The van der Waals surface area contributed by atoms with Crippen molar-refractivity contribution in [2.75, 3.05) is 0 Å². The molecule has 0 amide bonds. The molecule has 0 radical (unpaired) electrons. The first-order chi connectivity index (χ1) is 12.4. The molecule has 7 heteroatoms. The zero-order valence-electron chi connectivity index (χ0n) is 13.2. The molecule has 26 heavy (non-hydrogen) atoms. The van der Waals surface area contributed by atoms with E-state index in [1.54, 1.807) is 35.0 Å². The highest BCUT2D eigenvalue weighted by Gasteiger charge is 2.30. The van der Waals surface area contributed by atoms with Crippen LogP contribution in [0.2, 0.25) is 5.02 Å². The van der Waals surface area contributed by atoms with Gasteiger partial charge in [0.1, 0.15) is 0 Å². The molecule has 2 aromatic carbocycles. The van der Waals surface area contributed by atoms with Gasteiger partial charge in [-0.2, -0.15) is 13.2 Å². The molecular weight excluding hydrogens is 363 g/mol. The summed E-state index contributed by atoms with van der Waals surface area (Å²) in [5.74, 6) is 0.464. The van der Waals surface area contributed by atoms with Gasteiger partial charge in [-0.05, 0) is 29.8 Å². The molecule has 0 atom stereocenters. The van der Waals surface area contributed by atoms with Crippen LogP contribution in [-0.4, -0.2) is 14.4 Å². The van der Waals surface area contributed by atoms with Gasteiger partial charge in [0, 0.05) is 34.7 Å². The van der Waals surface area contributed by atoms with Gasteiger partial charge >= 0.3 is 6.18 Å². The zero-order valence-corrected chi connectivity index (χ0v) is 14.0. The van der Waals surface area contributed by atoms with E-state index in [1.807, 2.05) is 12.1 Å². The van der Waals surface area contributed by atoms with Crippen LogP contribution in [-0.2, 0) is 6.18 Å². The lowest BCUT2D eigenvalue weighted by Gasteiger charge is -2.08. The van der Waals surface area contributed by atoms with Gasteiger partial charge in [0.15, 0.2) is 0 Å². The molecule has 0 aliphatic heterocycles. The van der Waals surface area contributed by atoms with Gasteiger partial charge in [0.25, 0.3) is 0 Å². The standard InChI is InChI=1S/C19H11ClF3N3/c20-16-6-4-12(5-7-16)17-11-26-10-14(9-24-18(26)25-17)13-2-1-3-15(8-13)19(21,22)23/h1-11H. The van der Waals surface area contributed by atoms with Crippen molar-refractivity contribution in [1.82, 2.24) is 14.4 Å². The van der Waals surface area contributed by atoms with Gasteiger partial charge in [-0.15, -0.1) is 0 Å². The molecule has 4 aromatic rings. The number of hydrogen-bond donors (Lipinski definition) is 0. The molecule has 2 heterocycles. The summed E-state index contributed by atoms with van der Waals surface area (Å²) in [5, 5.41) is 0.627. The minimum absolute atomic E-state index is 0.441. The highest BCUT2D eigenvalue weighted by atomic mass is 35.5. The predicted octanol–water partition coefficient (Wildman–Crippen LogP) is 5.74. The summed E-state index contributed by atoms with van der Waals surface area (Å²) in [6.07, 6.45) is 0.626. The lowest BCUT2D eigenvalue weighted by Crippen LogP contribution is -2.04. The highest BCUT2D eigenvalue weighted by molar-refractivity contribution is 6.30. The van der Waals surface area contributed by atoms with E-state index >= 15 is 0 Å². The fourth-order valence-corrected chi connectivity index (χ4v) is 2.79. The van der Waals surface area contributed by atoms with Crippen LogP contribution >= 0.6 is 11.6 Å². The molecule has 130 valence electrons. The Kier molecular flexibility index (Phi) is 3.92. The van der Waals surface area contributed by atoms with Crippen molar-refractivity contribution in [2.24, 2.45) is 0 Å². The lowest BCUT2D eigenvalue weighted by atomic mass is 10.1. The maximum atomic E-state index is 12.9. The molecule has 2 aromatic heterocycles. The van der Waals surface area contributed by atoms with Crippen LogP contribution in [0.4, 0.5) is 13.2 Å². The maximum absolute atomic E-state index is 12.9. The van der Waals surface area contributed by atoms with E-state index < -0.39 is 11.7 Å². The molecule has 0 aliphatic rings. The summed E-state index contributed by atoms with van der Waals surface area (Å²) in [5.41, 5.74) is 1.90. The molecule has 0 unspecified atom stereocenters. The number of rotatable bonds is 2. The molecule has 0 saturated carbocycles. The normalized spacial score (nSPS) is 11.8. The van der Waals surface area contributed by atoms with E-state index in [1.165, 1.54) is 12.3 Å². The van der Waals surface area contributed by atoms with E-state index in [0.29, 0.717) is 27.6 Å². The number of aromatic nitrogens is 3. The Morgan fingerprint density at radius 3 is 2.38 bits per heavy atom. The molecule has 0 saturated heterocycles. The van der Waals surface area contributed by atoms with Gasteiger partial charge in [0.05, 0.1) is 11.3 Å². The van der Waals surface area contributed by atoms with Crippen LogP contribution in [0.1, 0.15) is 5.56 Å². The van der Waals surface area contributed by atoms with Gasteiger partial charge in [-0.25, -0.2) is 9.97 Å². The second-order valence-electron chi connectivity index (χ2n) is 5.76. The minimum Gasteiger partial charge on any atom is -0.290 e. The van der Waals surface area contributed by atoms with Gasteiger partial charge in [-0.1, -0.05) is 35.9 Å². The van der Waals surface area contributed by atoms with Crippen molar-refractivity contribution in [3.05, 3.63) is 77.7 Å². The van der Waals surface area contributed by atoms with Crippen molar-refractivity contribution in [3.8, 4) is 22.4 Å². The zero-order chi connectivity index (χ0) is 18.3. The Balaban J connectivity index is 1.75. The number of benzene rings is 2. The quantitative estimate of drug-likeness (QED) is 0.449. The number of nitrogens with zero attached hydrogens (tertiary/aromatic N) is 3. The average Bonchev–Trinajstić information content (AvgIpc) is 3.05. The van der Waals surface area contributed by atoms with Crippen LogP contribution in [0, 0.1) is 0 Å². The molecule has 4 rings (SSSR count). The summed E-state index contributed by atoms with van der Waals surface area (Å²) < 4.78 is 40.4. The van der Waals surface area contributed by atoms with Gasteiger partial charge in [-0.3, -0.25) is 4.40 Å². The lowest BCUT2D eigenvalue weighted by molar-refractivity contribution is -0.137. The van der Waals surface area contributed by atoms with Crippen molar-refractivity contribution in [3.63, 3.8) is 0 Å². The molecule has 0 aliphatic carbocycles. The van der Waals surface area contributed by atoms with Gasteiger partial charge < -0.3 is 0 Å². The van der Waals surface area contributed by atoms with E-state index in [2.05, 4.69) is 9.97 Å². The Morgan fingerprint density at radius 2 is 1.65 bits per heavy atom. The largest absolute Gasteiger partial charge is 0.416 e. The van der Waals surface area contributed by atoms with Gasteiger partial charge in [0.2, 0.25) is 5.78 Å². The number of alkyl halides is 3. The Morgan fingerprint density at radius 1 is 0.885 bits per heavy atom. The first-order valence-electron chi connectivity index (χ1n) is 7.68. The maximum Gasteiger partial charge on any atom is 0.416 e. The monoisotopic (exact) mass is 373 g/mol. The smallest absolute Gasteiger partial charge is 0.290 e. The highest BCUT2D eigenvalue weighted by Crippen LogP contribution is 2.32. The summed E-state index contributed by atoms with van der Waals surface area (Å²) in [4.78, 5) is 8.69. The number of hydrogen-bond acceptors (Lipinski definition) is 2. The average molecular weight is 374 g/mol. The molecule has 0 fully saturated rings. The Labute approximate surface area is 151 Å². The topological polar surface area (TPSA) is 30.2 Å². The summed E-state index contributed by atoms with van der Waals surface area (Å²) >= 11 is 5.89. The number of imidazole rings is 1. The van der Waals surface area contributed by atoms with E-state index in [0.717, 1.165) is 17.7 Å².